The maximum Gasteiger partial charge on any atom is 0.0540 e. The van der Waals surface area contributed by atoms with Crippen molar-refractivity contribution in [2.75, 3.05) is 4.90 Å². The zero-order valence-electron chi connectivity index (χ0n) is 30.7. The fraction of sp³-hybridized carbons (Fsp3) is 0.115. The summed E-state index contributed by atoms with van der Waals surface area (Å²) < 4.78 is 0. The highest BCUT2D eigenvalue weighted by Gasteiger charge is 2.37. The molecule has 0 heterocycles. The van der Waals surface area contributed by atoms with Crippen LogP contribution in [0.3, 0.4) is 0 Å². The Bertz CT molecular complexity index is 2710. The van der Waals surface area contributed by atoms with E-state index in [4.69, 9.17) is 0 Å². The molecule has 53 heavy (non-hydrogen) atoms. The minimum Gasteiger partial charge on any atom is -0.310 e. The molecule has 2 aliphatic carbocycles. The molecule has 1 nitrogen and oxygen atoms in total. The maximum absolute atomic E-state index is 2.44. The summed E-state index contributed by atoms with van der Waals surface area (Å²) >= 11 is 0. The van der Waals surface area contributed by atoms with Crippen molar-refractivity contribution in [1.29, 1.82) is 0 Å². The summed E-state index contributed by atoms with van der Waals surface area (Å²) in [5.74, 6) is 0. The van der Waals surface area contributed by atoms with Gasteiger partial charge in [0.05, 0.1) is 5.69 Å². The molecular weight excluding hydrogens is 639 g/mol. The van der Waals surface area contributed by atoms with E-state index in [-0.39, 0.29) is 10.8 Å². The Labute approximate surface area is 312 Å². The predicted molar refractivity (Wildman–Crippen MR) is 225 cm³/mol. The first-order valence-corrected chi connectivity index (χ1v) is 18.8. The van der Waals surface area contributed by atoms with Gasteiger partial charge < -0.3 is 4.90 Å². The fourth-order valence-corrected chi connectivity index (χ4v) is 9.19. The van der Waals surface area contributed by atoms with E-state index in [0.717, 1.165) is 17.1 Å². The topological polar surface area (TPSA) is 3.24 Å². The smallest absolute Gasteiger partial charge is 0.0540 e. The highest BCUT2D eigenvalue weighted by atomic mass is 15.1. The van der Waals surface area contributed by atoms with Crippen molar-refractivity contribution in [2.24, 2.45) is 0 Å². The summed E-state index contributed by atoms with van der Waals surface area (Å²) in [6, 6.07) is 65.3. The summed E-state index contributed by atoms with van der Waals surface area (Å²) in [4.78, 5) is 2.44. The Kier molecular flexibility index (Phi) is 6.94. The van der Waals surface area contributed by atoms with Gasteiger partial charge in [-0.2, -0.15) is 0 Å². The lowest BCUT2D eigenvalue weighted by atomic mass is 9.81. The third kappa shape index (κ3) is 4.84. The molecule has 0 N–H and O–H groups in total. The normalized spacial score (nSPS) is 14.3. The summed E-state index contributed by atoms with van der Waals surface area (Å²) in [7, 11) is 0. The minimum absolute atomic E-state index is 0.0798. The van der Waals surface area contributed by atoms with Crippen molar-refractivity contribution in [1.82, 2.24) is 0 Å². The molecule has 0 bridgehead atoms. The third-order valence-corrected chi connectivity index (χ3v) is 12.1. The summed E-state index contributed by atoms with van der Waals surface area (Å²) in [6.07, 6.45) is 0. The number of hydrogen-bond donors (Lipinski definition) is 0. The molecule has 8 aromatic rings. The second-order valence-electron chi connectivity index (χ2n) is 15.8. The van der Waals surface area contributed by atoms with E-state index in [9.17, 15) is 0 Å². The Morgan fingerprint density at radius 1 is 0.321 bits per heavy atom. The van der Waals surface area contributed by atoms with Crippen LogP contribution in [0, 0.1) is 0 Å². The number of nitrogens with zero attached hydrogens (tertiary/aromatic N) is 1. The van der Waals surface area contributed by atoms with Gasteiger partial charge in [-0.05, 0) is 121 Å². The standard InChI is InChI=1S/C52H41N/c1-51(2)46-20-12-10-19-42(46)43-29-27-40(33-49(43)51)53(50-21-13-11-18-41(50)35-14-6-5-7-15-35)39-25-22-34(23-26-39)38-24-28-44-45-30-36-16-8-9-17-37(36)31-48(45)52(3,4)47(44)32-38/h5-33H,1-4H3. The molecule has 0 amide bonds. The Morgan fingerprint density at radius 2 is 0.849 bits per heavy atom. The second kappa shape index (κ2) is 11.7. The predicted octanol–water partition coefficient (Wildman–Crippen LogP) is 14.3. The van der Waals surface area contributed by atoms with E-state index in [1.54, 1.807) is 0 Å². The third-order valence-electron chi connectivity index (χ3n) is 12.1. The minimum atomic E-state index is -0.0931. The molecule has 0 saturated heterocycles. The zero-order valence-corrected chi connectivity index (χ0v) is 30.7. The molecule has 254 valence electrons. The number of anilines is 3. The maximum atomic E-state index is 2.44. The highest BCUT2D eigenvalue weighted by Crippen LogP contribution is 2.53. The summed E-state index contributed by atoms with van der Waals surface area (Å²) in [5, 5.41) is 2.60. The van der Waals surface area contributed by atoms with Gasteiger partial charge >= 0.3 is 0 Å². The molecule has 0 aromatic heterocycles. The van der Waals surface area contributed by atoms with Crippen LogP contribution in [0.2, 0.25) is 0 Å². The molecule has 10 rings (SSSR count). The van der Waals surface area contributed by atoms with Crippen molar-refractivity contribution >= 4 is 27.8 Å². The first kappa shape index (κ1) is 31.5. The van der Waals surface area contributed by atoms with E-state index in [1.807, 2.05) is 0 Å². The van der Waals surface area contributed by atoms with E-state index in [1.165, 1.54) is 77.5 Å². The Hall–Kier alpha value is -6.18. The molecule has 0 saturated carbocycles. The Balaban J connectivity index is 1.08. The van der Waals surface area contributed by atoms with Crippen molar-refractivity contribution < 1.29 is 0 Å². The van der Waals surface area contributed by atoms with Gasteiger partial charge in [0.15, 0.2) is 0 Å². The molecular formula is C52H41N. The fourth-order valence-electron chi connectivity index (χ4n) is 9.19. The van der Waals surface area contributed by atoms with Gasteiger partial charge in [-0.3, -0.25) is 0 Å². The van der Waals surface area contributed by atoms with Gasteiger partial charge in [0.1, 0.15) is 0 Å². The number of rotatable bonds is 5. The van der Waals surface area contributed by atoms with Crippen LogP contribution in [-0.2, 0) is 10.8 Å². The SMILES string of the molecule is CC1(C)c2ccccc2-c2ccc(N(c3ccc(-c4ccc5c(c4)C(C)(C)c4cc6ccccc6cc4-5)cc3)c3ccccc3-c3ccccc3)cc21. The van der Waals surface area contributed by atoms with Crippen LogP contribution in [0.1, 0.15) is 49.9 Å². The van der Waals surface area contributed by atoms with Crippen molar-refractivity contribution in [2.45, 2.75) is 38.5 Å². The molecule has 8 aromatic carbocycles. The van der Waals surface area contributed by atoms with Crippen LogP contribution in [0.15, 0.2) is 176 Å². The molecule has 0 unspecified atom stereocenters. The summed E-state index contributed by atoms with van der Waals surface area (Å²) in [6.45, 7) is 9.46. The lowest BCUT2D eigenvalue weighted by Crippen LogP contribution is -2.16. The van der Waals surface area contributed by atoms with E-state index in [0.29, 0.717) is 0 Å². The molecule has 0 aliphatic heterocycles. The average Bonchev–Trinajstić information content (AvgIpc) is 3.56. The lowest BCUT2D eigenvalue weighted by Gasteiger charge is -2.30. The Morgan fingerprint density at radius 3 is 1.64 bits per heavy atom. The molecule has 0 fully saturated rings. The number of fused-ring (bicyclic) bond motifs is 7. The van der Waals surface area contributed by atoms with Gasteiger partial charge in [0.25, 0.3) is 0 Å². The van der Waals surface area contributed by atoms with Crippen LogP contribution < -0.4 is 4.90 Å². The van der Waals surface area contributed by atoms with Gasteiger partial charge in [-0.25, -0.2) is 0 Å². The molecule has 0 atom stereocenters. The van der Waals surface area contributed by atoms with Crippen LogP contribution in [-0.4, -0.2) is 0 Å². The number of benzene rings is 8. The monoisotopic (exact) mass is 679 g/mol. The van der Waals surface area contributed by atoms with Crippen LogP contribution in [0.4, 0.5) is 17.1 Å². The molecule has 1 heteroatoms. The van der Waals surface area contributed by atoms with Gasteiger partial charge in [-0.1, -0.05) is 155 Å². The van der Waals surface area contributed by atoms with Crippen LogP contribution in [0.25, 0.3) is 55.3 Å². The lowest BCUT2D eigenvalue weighted by molar-refractivity contribution is 0.660. The average molecular weight is 680 g/mol. The zero-order chi connectivity index (χ0) is 35.9. The van der Waals surface area contributed by atoms with E-state index < -0.39 is 0 Å². The number of hydrogen-bond acceptors (Lipinski definition) is 1. The largest absolute Gasteiger partial charge is 0.310 e. The second-order valence-corrected chi connectivity index (χ2v) is 15.8. The number of para-hydroxylation sites is 1. The van der Waals surface area contributed by atoms with E-state index in [2.05, 4.69) is 209 Å². The quantitative estimate of drug-likeness (QED) is 0.175. The van der Waals surface area contributed by atoms with Crippen molar-refractivity contribution in [3.05, 3.63) is 198 Å². The van der Waals surface area contributed by atoms with Crippen LogP contribution >= 0.6 is 0 Å². The molecule has 0 radical (unpaired) electrons. The first-order valence-electron chi connectivity index (χ1n) is 18.8. The summed E-state index contributed by atoms with van der Waals surface area (Å²) in [5.41, 5.74) is 19.1. The van der Waals surface area contributed by atoms with Crippen molar-refractivity contribution in [3.8, 4) is 44.5 Å². The van der Waals surface area contributed by atoms with Gasteiger partial charge in [0, 0.05) is 27.8 Å². The first-order chi connectivity index (χ1) is 25.8. The highest BCUT2D eigenvalue weighted by molar-refractivity contribution is 5.95. The molecule has 0 spiro atoms. The van der Waals surface area contributed by atoms with E-state index >= 15 is 0 Å². The van der Waals surface area contributed by atoms with Gasteiger partial charge in [-0.15, -0.1) is 0 Å². The van der Waals surface area contributed by atoms with Crippen LogP contribution in [0.5, 0.6) is 0 Å². The van der Waals surface area contributed by atoms with Crippen molar-refractivity contribution in [3.63, 3.8) is 0 Å². The van der Waals surface area contributed by atoms with Gasteiger partial charge in [0.2, 0.25) is 0 Å². The molecule has 2 aliphatic rings.